The number of thioether (sulfide) groups is 1. The SMILES string of the molecule is O=C(CSc1ccc(Cl)cc1)Nc1ccc(NC(=O)Nc2ccccc2)cc1. The lowest BCUT2D eigenvalue weighted by Gasteiger charge is -2.09. The van der Waals surface area contributed by atoms with Gasteiger partial charge in [0, 0.05) is 27.0 Å². The molecule has 7 heteroatoms. The zero-order valence-corrected chi connectivity index (χ0v) is 16.4. The fourth-order valence-electron chi connectivity index (χ4n) is 2.33. The molecule has 3 N–H and O–H groups in total. The third kappa shape index (κ3) is 6.33. The fourth-order valence-corrected chi connectivity index (χ4v) is 3.15. The minimum atomic E-state index is -0.331. The topological polar surface area (TPSA) is 70.2 Å². The smallest absolute Gasteiger partial charge is 0.323 e. The summed E-state index contributed by atoms with van der Waals surface area (Å²) in [6.45, 7) is 0. The summed E-state index contributed by atoms with van der Waals surface area (Å²) in [6.07, 6.45) is 0. The van der Waals surface area contributed by atoms with Gasteiger partial charge in [0.15, 0.2) is 0 Å². The Kier molecular flexibility index (Phi) is 6.94. The first-order chi connectivity index (χ1) is 13.6. The molecule has 3 aromatic rings. The van der Waals surface area contributed by atoms with Gasteiger partial charge in [0.05, 0.1) is 5.75 Å². The van der Waals surface area contributed by atoms with Gasteiger partial charge in [-0.25, -0.2) is 4.79 Å². The maximum absolute atomic E-state index is 12.1. The Labute approximate surface area is 172 Å². The normalized spacial score (nSPS) is 10.2. The Bertz CT molecular complexity index is 932. The van der Waals surface area contributed by atoms with Gasteiger partial charge in [-0.3, -0.25) is 4.79 Å². The molecular weight excluding hydrogens is 394 g/mol. The number of rotatable bonds is 6. The highest BCUT2D eigenvalue weighted by atomic mass is 35.5. The Hall–Kier alpha value is -2.96. The standard InChI is InChI=1S/C21H18ClN3O2S/c22-15-6-12-19(13-7-15)28-14-20(26)23-17-8-10-18(11-9-17)25-21(27)24-16-4-2-1-3-5-16/h1-13H,14H2,(H,23,26)(H2,24,25,27). The number of hydrogen-bond acceptors (Lipinski definition) is 3. The van der Waals surface area contributed by atoms with E-state index in [2.05, 4.69) is 16.0 Å². The van der Waals surface area contributed by atoms with Gasteiger partial charge >= 0.3 is 6.03 Å². The number of anilines is 3. The molecule has 0 aliphatic heterocycles. The van der Waals surface area contributed by atoms with Gasteiger partial charge < -0.3 is 16.0 Å². The summed E-state index contributed by atoms with van der Waals surface area (Å²) >= 11 is 7.28. The predicted molar refractivity (Wildman–Crippen MR) is 116 cm³/mol. The summed E-state index contributed by atoms with van der Waals surface area (Å²) in [5.41, 5.74) is 2.00. The highest BCUT2D eigenvalue weighted by Crippen LogP contribution is 2.21. The van der Waals surface area contributed by atoms with E-state index in [1.807, 2.05) is 30.3 Å². The first-order valence-corrected chi connectivity index (χ1v) is 9.86. The van der Waals surface area contributed by atoms with Crippen LogP contribution in [0.5, 0.6) is 0 Å². The van der Waals surface area contributed by atoms with Crippen molar-refractivity contribution in [2.24, 2.45) is 0 Å². The van der Waals surface area contributed by atoms with Gasteiger partial charge in [0.25, 0.3) is 0 Å². The molecule has 3 rings (SSSR count). The van der Waals surface area contributed by atoms with Gasteiger partial charge in [-0.2, -0.15) is 0 Å². The number of benzene rings is 3. The summed E-state index contributed by atoms with van der Waals surface area (Å²) in [7, 11) is 0. The number of carbonyl (C=O) groups is 2. The van der Waals surface area contributed by atoms with Crippen LogP contribution in [0.25, 0.3) is 0 Å². The van der Waals surface area contributed by atoms with Crippen molar-refractivity contribution >= 4 is 52.4 Å². The molecule has 0 radical (unpaired) electrons. The van der Waals surface area contributed by atoms with E-state index in [0.29, 0.717) is 27.8 Å². The number of nitrogens with one attached hydrogen (secondary N) is 3. The van der Waals surface area contributed by atoms with E-state index in [4.69, 9.17) is 11.6 Å². The maximum atomic E-state index is 12.1. The van der Waals surface area contributed by atoms with Crippen molar-refractivity contribution in [3.8, 4) is 0 Å². The highest BCUT2D eigenvalue weighted by Gasteiger charge is 2.06. The molecule has 3 aromatic carbocycles. The quantitative estimate of drug-likeness (QED) is 0.454. The molecule has 0 fully saturated rings. The lowest BCUT2D eigenvalue weighted by molar-refractivity contribution is -0.113. The van der Waals surface area contributed by atoms with Crippen LogP contribution in [0.1, 0.15) is 0 Å². The van der Waals surface area contributed by atoms with Gasteiger partial charge in [0.2, 0.25) is 5.91 Å². The minimum absolute atomic E-state index is 0.109. The van der Waals surface area contributed by atoms with Crippen molar-refractivity contribution in [2.45, 2.75) is 4.90 Å². The molecule has 142 valence electrons. The van der Waals surface area contributed by atoms with E-state index in [0.717, 1.165) is 4.90 Å². The third-order valence-corrected chi connectivity index (χ3v) is 4.91. The number of hydrogen-bond donors (Lipinski definition) is 3. The second kappa shape index (κ2) is 9.82. The van der Waals surface area contributed by atoms with Crippen LogP contribution < -0.4 is 16.0 Å². The number of amides is 3. The molecule has 0 heterocycles. The zero-order chi connectivity index (χ0) is 19.8. The molecule has 0 aliphatic carbocycles. The van der Waals surface area contributed by atoms with Crippen LogP contribution in [-0.4, -0.2) is 17.7 Å². The van der Waals surface area contributed by atoms with E-state index in [1.54, 1.807) is 48.5 Å². The maximum Gasteiger partial charge on any atom is 0.323 e. The Morgan fingerprint density at radius 2 is 1.25 bits per heavy atom. The van der Waals surface area contributed by atoms with Crippen molar-refractivity contribution < 1.29 is 9.59 Å². The lowest BCUT2D eigenvalue weighted by atomic mass is 10.3. The largest absolute Gasteiger partial charge is 0.325 e. The van der Waals surface area contributed by atoms with Crippen molar-refractivity contribution in [3.63, 3.8) is 0 Å². The van der Waals surface area contributed by atoms with Gasteiger partial charge in [-0.05, 0) is 60.7 Å². The van der Waals surface area contributed by atoms with Crippen molar-refractivity contribution in [1.82, 2.24) is 0 Å². The number of halogens is 1. The Morgan fingerprint density at radius 3 is 1.86 bits per heavy atom. The Balaban J connectivity index is 1.46. The van der Waals surface area contributed by atoms with Crippen LogP contribution >= 0.6 is 23.4 Å². The molecular formula is C21H18ClN3O2S. The summed E-state index contributed by atoms with van der Waals surface area (Å²) in [6, 6.07) is 23.1. The highest BCUT2D eigenvalue weighted by molar-refractivity contribution is 8.00. The molecule has 0 aromatic heterocycles. The summed E-state index contributed by atoms with van der Waals surface area (Å²) in [5.74, 6) is 0.184. The first kappa shape index (κ1) is 19.8. The number of carbonyl (C=O) groups excluding carboxylic acids is 2. The molecule has 3 amide bonds. The Morgan fingerprint density at radius 1 is 0.714 bits per heavy atom. The average molecular weight is 412 g/mol. The summed E-state index contributed by atoms with van der Waals surface area (Å²) in [4.78, 5) is 25.0. The molecule has 0 saturated heterocycles. The van der Waals surface area contributed by atoms with Crippen LogP contribution in [-0.2, 0) is 4.79 Å². The molecule has 0 aliphatic rings. The minimum Gasteiger partial charge on any atom is -0.325 e. The number of para-hydroxylation sites is 1. The van der Waals surface area contributed by atoms with Crippen LogP contribution in [0.15, 0.2) is 83.8 Å². The number of urea groups is 1. The second-order valence-corrected chi connectivity index (χ2v) is 7.30. The van der Waals surface area contributed by atoms with Gasteiger partial charge in [-0.15, -0.1) is 11.8 Å². The van der Waals surface area contributed by atoms with Crippen LogP contribution in [0.2, 0.25) is 5.02 Å². The third-order valence-electron chi connectivity index (χ3n) is 3.64. The van der Waals surface area contributed by atoms with E-state index in [-0.39, 0.29) is 11.9 Å². The van der Waals surface area contributed by atoms with Crippen molar-refractivity contribution in [3.05, 3.63) is 83.9 Å². The van der Waals surface area contributed by atoms with Crippen LogP contribution in [0.3, 0.4) is 0 Å². The van der Waals surface area contributed by atoms with Crippen molar-refractivity contribution in [1.29, 1.82) is 0 Å². The van der Waals surface area contributed by atoms with Gasteiger partial charge in [0.1, 0.15) is 0 Å². The van der Waals surface area contributed by atoms with Crippen LogP contribution in [0.4, 0.5) is 21.9 Å². The van der Waals surface area contributed by atoms with Gasteiger partial charge in [-0.1, -0.05) is 29.8 Å². The molecule has 0 bridgehead atoms. The van der Waals surface area contributed by atoms with E-state index in [9.17, 15) is 9.59 Å². The van der Waals surface area contributed by atoms with Crippen LogP contribution in [0, 0.1) is 0 Å². The molecule has 5 nitrogen and oxygen atoms in total. The van der Waals surface area contributed by atoms with E-state index < -0.39 is 0 Å². The summed E-state index contributed by atoms with van der Waals surface area (Å²) in [5, 5.41) is 8.98. The zero-order valence-electron chi connectivity index (χ0n) is 14.8. The molecule has 0 unspecified atom stereocenters. The monoisotopic (exact) mass is 411 g/mol. The predicted octanol–water partition coefficient (Wildman–Crippen LogP) is 5.71. The lowest BCUT2D eigenvalue weighted by Crippen LogP contribution is -2.19. The van der Waals surface area contributed by atoms with E-state index in [1.165, 1.54) is 11.8 Å². The molecule has 0 spiro atoms. The first-order valence-electron chi connectivity index (χ1n) is 8.50. The second-order valence-electron chi connectivity index (χ2n) is 5.81. The molecule has 0 saturated carbocycles. The van der Waals surface area contributed by atoms with E-state index >= 15 is 0 Å². The summed E-state index contributed by atoms with van der Waals surface area (Å²) < 4.78 is 0. The average Bonchev–Trinajstić information content (AvgIpc) is 2.70. The molecule has 0 atom stereocenters. The van der Waals surface area contributed by atoms with Crippen molar-refractivity contribution in [2.75, 3.05) is 21.7 Å². The molecule has 28 heavy (non-hydrogen) atoms. The fraction of sp³-hybridized carbons (Fsp3) is 0.0476.